The normalized spacial score (nSPS) is 12.2. The summed E-state index contributed by atoms with van der Waals surface area (Å²) in [5.41, 5.74) is 1.33. The Labute approximate surface area is 165 Å². The van der Waals surface area contributed by atoms with Crippen molar-refractivity contribution in [3.05, 3.63) is 46.8 Å². The topological polar surface area (TPSA) is 64.0 Å². The van der Waals surface area contributed by atoms with E-state index >= 15 is 0 Å². The molecule has 0 radical (unpaired) electrons. The van der Waals surface area contributed by atoms with Crippen molar-refractivity contribution in [3.63, 3.8) is 0 Å². The Balaban J connectivity index is 2.01. The summed E-state index contributed by atoms with van der Waals surface area (Å²) in [4.78, 5) is 25.5. The van der Waals surface area contributed by atoms with Gasteiger partial charge in [-0.05, 0) is 43.7 Å². The Morgan fingerprint density at radius 1 is 1.11 bits per heavy atom. The maximum absolute atomic E-state index is 12.3. The zero-order valence-electron chi connectivity index (χ0n) is 16.6. The summed E-state index contributed by atoms with van der Waals surface area (Å²) in [7, 11) is 0. The van der Waals surface area contributed by atoms with Crippen LogP contribution in [-0.2, 0) is 11.3 Å². The van der Waals surface area contributed by atoms with Gasteiger partial charge in [-0.2, -0.15) is 5.10 Å². The lowest BCUT2D eigenvalue weighted by Crippen LogP contribution is -2.38. The van der Waals surface area contributed by atoms with E-state index in [1.54, 1.807) is 17.8 Å². The molecule has 2 aromatic rings. The number of aromatic nitrogens is 2. The van der Waals surface area contributed by atoms with Gasteiger partial charge in [-0.3, -0.25) is 9.59 Å². The molecule has 0 saturated heterocycles. The van der Waals surface area contributed by atoms with Crippen LogP contribution in [0, 0.1) is 5.92 Å². The summed E-state index contributed by atoms with van der Waals surface area (Å²) >= 11 is 1.67. The van der Waals surface area contributed by atoms with Crippen molar-refractivity contribution in [1.82, 2.24) is 15.1 Å². The van der Waals surface area contributed by atoms with E-state index in [0.29, 0.717) is 11.6 Å². The molecule has 27 heavy (non-hydrogen) atoms. The molecule has 1 atom stereocenters. The van der Waals surface area contributed by atoms with Crippen LogP contribution in [0.3, 0.4) is 0 Å². The number of nitrogens with zero attached hydrogens (tertiary/aromatic N) is 2. The first-order chi connectivity index (χ1) is 12.9. The van der Waals surface area contributed by atoms with Crippen molar-refractivity contribution >= 4 is 17.7 Å². The fraction of sp³-hybridized carbons (Fsp3) is 0.476. The zero-order chi connectivity index (χ0) is 19.8. The molecule has 0 spiro atoms. The fourth-order valence-corrected chi connectivity index (χ4v) is 3.25. The Hall–Kier alpha value is -2.08. The molecule has 0 fully saturated rings. The molecule has 1 N–H and O–H groups in total. The molecule has 1 amide bonds. The quantitative estimate of drug-likeness (QED) is 0.662. The van der Waals surface area contributed by atoms with E-state index in [1.807, 2.05) is 37.4 Å². The van der Waals surface area contributed by atoms with Crippen LogP contribution in [-0.4, -0.2) is 28.0 Å². The van der Waals surface area contributed by atoms with Crippen LogP contribution in [0.5, 0.6) is 0 Å². The Morgan fingerprint density at radius 2 is 1.81 bits per heavy atom. The van der Waals surface area contributed by atoms with Gasteiger partial charge in [-0.1, -0.05) is 38.8 Å². The van der Waals surface area contributed by atoms with Crippen LogP contribution in [0.15, 0.2) is 46.1 Å². The van der Waals surface area contributed by atoms with E-state index in [9.17, 15) is 9.59 Å². The zero-order valence-corrected chi connectivity index (χ0v) is 17.4. The third kappa shape index (κ3) is 6.86. The molecule has 1 aromatic heterocycles. The average molecular weight is 388 g/mol. The van der Waals surface area contributed by atoms with E-state index in [1.165, 1.54) is 10.7 Å². The van der Waals surface area contributed by atoms with Crippen LogP contribution in [0.2, 0.25) is 0 Å². The molecule has 0 saturated carbocycles. The van der Waals surface area contributed by atoms with Crippen LogP contribution >= 0.6 is 11.8 Å². The van der Waals surface area contributed by atoms with Crippen molar-refractivity contribution in [1.29, 1.82) is 0 Å². The SMILES string of the molecule is CSc1ccc(-c2ccc(=O)n(CC(=O)N[C@H](C)CCCC(C)C)n2)cc1. The number of hydrogen-bond acceptors (Lipinski definition) is 4. The number of amides is 1. The smallest absolute Gasteiger partial charge is 0.267 e. The maximum atomic E-state index is 12.3. The fourth-order valence-electron chi connectivity index (χ4n) is 2.84. The molecular weight excluding hydrogens is 358 g/mol. The highest BCUT2D eigenvalue weighted by atomic mass is 32.2. The largest absolute Gasteiger partial charge is 0.352 e. The number of nitrogens with one attached hydrogen (secondary N) is 1. The number of carbonyl (C=O) groups is 1. The van der Waals surface area contributed by atoms with E-state index in [2.05, 4.69) is 24.3 Å². The molecule has 2 rings (SSSR count). The second-order valence-electron chi connectivity index (χ2n) is 7.24. The Kier molecular flexibility index (Phi) is 8.10. The van der Waals surface area contributed by atoms with Crippen molar-refractivity contribution in [3.8, 4) is 11.3 Å². The number of benzene rings is 1. The molecule has 0 aliphatic heterocycles. The maximum Gasteiger partial charge on any atom is 0.267 e. The second kappa shape index (κ2) is 10.3. The highest BCUT2D eigenvalue weighted by Crippen LogP contribution is 2.20. The number of thioether (sulfide) groups is 1. The predicted molar refractivity (Wildman–Crippen MR) is 112 cm³/mol. The highest BCUT2D eigenvalue weighted by molar-refractivity contribution is 7.98. The standard InChI is InChI=1S/C21H29N3O2S/c1-15(2)6-5-7-16(3)22-20(25)14-24-21(26)13-12-19(23-24)17-8-10-18(27-4)11-9-17/h8-13,15-16H,5-7,14H2,1-4H3,(H,22,25)/t16-/m1/s1. The monoisotopic (exact) mass is 387 g/mol. The average Bonchev–Trinajstić information content (AvgIpc) is 2.63. The minimum atomic E-state index is -0.276. The number of hydrogen-bond donors (Lipinski definition) is 1. The molecular formula is C21H29N3O2S. The van der Waals surface area contributed by atoms with Gasteiger partial charge in [0, 0.05) is 22.6 Å². The van der Waals surface area contributed by atoms with Gasteiger partial charge in [0.25, 0.3) is 5.56 Å². The molecule has 0 aliphatic carbocycles. The minimum absolute atomic E-state index is 0.0654. The second-order valence-corrected chi connectivity index (χ2v) is 8.12. The summed E-state index contributed by atoms with van der Waals surface area (Å²) in [5.74, 6) is 0.486. The van der Waals surface area contributed by atoms with Gasteiger partial charge in [-0.15, -0.1) is 11.8 Å². The number of rotatable bonds is 9. The molecule has 0 bridgehead atoms. The molecule has 0 unspecified atom stereocenters. The van der Waals surface area contributed by atoms with Crippen LogP contribution in [0.1, 0.15) is 40.0 Å². The summed E-state index contributed by atoms with van der Waals surface area (Å²) in [6, 6.07) is 11.2. The van der Waals surface area contributed by atoms with Crippen molar-refractivity contribution in [2.75, 3.05) is 6.26 Å². The van der Waals surface area contributed by atoms with Gasteiger partial charge in [0.1, 0.15) is 6.54 Å². The van der Waals surface area contributed by atoms with Gasteiger partial charge in [0.15, 0.2) is 0 Å². The van der Waals surface area contributed by atoms with Gasteiger partial charge >= 0.3 is 0 Å². The first kappa shape index (κ1) is 21.2. The third-order valence-corrected chi connectivity index (χ3v) is 5.12. The summed E-state index contributed by atoms with van der Waals surface area (Å²) in [5, 5.41) is 7.33. The highest BCUT2D eigenvalue weighted by Gasteiger charge is 2.11. The van der Waals surface area contributed by atoms with Crippen molar-refractivity contribution < 1.29 is 4.79 Å². The Morgan fingerprint density at radius 3 is 2.44 bits per heavy atom. The lowest BCUT2D eigenvalue weighted by Gasteiger charge is -2.15. The van der Waals surface area contributed by atoms with Gasteiger partial charge in [0.05, 0.1) is 5.69 Å². The first-order valence-corrected chi connectivity index (χ1v) is 10.6. The van der Waals surface area contributed by atoms with Crippen LogP contribution in [0.25, 0.3) is 11.3 Å². The first-order valence-electron chi connectivity index (χ1n) is 9.41. The van der Waals surface area contributed by atoms with Crippen molar-refractivity contribution in [2.24, 2.45) is 5.92 Å². The number of carbonyl (C=O) groups excluding carboxylic acids is 1. The summed E-state index contributed by atoms with van der Waals surface area (Å²) < 4.78 is 1.23. The lowest BCUT2D eigenvalue weighted by molar-refractivity contribution is -0.122. The van der Waals surface area contributed by atoms with Crippen LogP contribution < -0.4 is 10.9 Å². The van der Waals surface area contributed by atoms with E-state index in [0.717, 1.165) is 29.7 Å². The molecule has 0 aliphatic rings. The molecule has 1 heterocycles. The van der Waals surface area contributed by atoms with E-state index < -0.39 is 0 Å². The Bertz CT molecular complexity index is 800. The predicted octanol–water partition coefficient (Wildman–Crippen LogP) is 3.96. The summed E-state index contributed by atoms with van der Waals surface area (Å²) in [6.07, 6.45) is 5.20. The molecule has 5 nitrogen and oxygen atoms in total. The van der Waals surface area contributed by atoms with Crippen molar-refractivity contribution in [2.45, 2.75) is 57.5 Å². The van der Waals surface area contributed by atoms with Gasteiger partial charge < -0.3 is 5.32 Å². The third-order valence-electron chi connectivity index (χ3n) is 4.37. The van der Waals surface area contributed by atoms with Gasteiger partial charge in [-0.25, -0.2) is 4.68 Å². The lowest BCUT2D eigenvalue weighted by atomic mass is 10.0. The van der Waals surface area contributed by atoms with E-state index in [4.69, 9.17) is 0 Å². The summed E-state index contributed by atoms with van der Waals surface area (Å²) in [6.45, 7) is 6.33. The van der Waals surface area contributed by atoms with Crippen LogP contribution in [0.4, 0.5) is 0 Å². The molecule has 1 aromatic carbocycles. The molecule has 146 valence electrons. The minimum Gasteiger partial charge on any atom is -0.352 e. The molecule has 6 heteroatoms. The van der Waals surface area contributed by atoms with Gasteiger partial charge in [0.2, 0.25) is 5.91 Å². The van der Waals surface area contributed by atoms with E-state index in [-0.39, 0.29) is 24.1 Å².